The van der Waals surface area contributed by atoms with E-state index in [1.54, 1.807) is 6.08 Å². The first kappa shape index (κ1) is 31.1. The van der Waals surface area contributed by atoms with Gasteiger partial charge in [0.25, 0.3) is 0 Å². The standard InChI is InChI=1S/C33H40F4N2O2/c1-3-4-5-6-7-8-9-10-25-12-14-39(21-23(25)2)29-11-13-32(19-29,30-17-26(30)22-40)31(41)38-20-24-15-27(33(35,36)37)18-28(34)16-24/h1,4-7,9-10,15-16,18,23,25-26,29-30,40H,8,11-14,17,19-22H2,2H3,(H,38,41)/b5-4-,7-6-,10-9-. The summed E-state index contributed by atoms with van der Waals surface area (Å²) in [4.78, 5) is 16.2. The number of piperidine rings is 1. The zero-order chi connectivity index (χ0) is 29.6. The molecule has 2 N–H and O–H groups in total. The predicted octanol–water partition coefficient (Wildman–Crippen LogP) is 6.28. The van der Waals surface area contributed by atoms with Crippen LogP contribution in [-0.2, 0) is 17.5 Å². The molecule has 4 nitrogen and oxygen atoms in total. The second-order valence-corrected chi connectivity index (χ2v) is 11.9. The predicted molar refractivity (Wildman–Crippen MR) is 152 cm³/mol. The molecule has 0 aromatic heterocycles. The number of aliphatic hydroxyl groups is 1. The molecule has 6 atom stereocenters. The quantitative estimate of drug-likeness (QED) is 0.150. The number of likely N-dealkylation sites (tertiary alicyclic amines) is 1. The number of benzene rings is 1. The van der Waals surface area contributed by atoms with E-state index >= 15 is 0 Å². The first-order valence-corrected chi connectivity index (χ1v) is 14.5. The van der Waals surface area contributed by atoms with Crippen LogP contribution < -0.4 is 5.32 Å². The van der Waals surface area contributed by atoms with E-state index in [9.17, 15) is 27.5 Å². The number of terminal acetylenes is 1. The molecular weight excluding hydrogens is 532 g/mol. The number of amides is 1. The van der Waals surface area contributed by atoms with Crippen molar-refractivity contribution in [3.8, 4) is 12.3 Å². The van der Waals surface area contributed by atoms with Gasteiger partial charge in [0.15, 0.2) is 0 Å². The van der Waals surface area contributed by atoms with Crippen LogP contribution in [0.1, 0.15) is 56.6 Å². The lowest BCUT2D eigenvalue weighted by Gasteiger charge is -2.40. The summed E-state index contributed by atoms with van der Waals surface area (Å²) in [6, 6.07) is 2.61. The SMILES string of the molecule is C#C/C=C\C=C/C/C=C\C1CCN(C2CCC(C(=O)NCc3cc(F)cc(C(F)(F)F)c3)(C3CC3CO)C2)CC1C. The molecule has 1 aromatic carbocycles. The Morgan fingerprint density at radius 3 is 2.73 bits per heavy atom. The van der Waals surface area contributed by atoms with Crippen LogP contribution in [0.5, 0.6) is 0 Å². The highest BCUT2D eigenvalue weighted by molar-refractivity contribution is 5.84. The third kappa shape index (κ3) is 7.69. The van der Waals surface area contributed by atoms with Crippen LogP contribution in [0.2, 0.25) is 0 Å². The Morgan fingerprint density at radius 1 is 1.24 bits per heavy atom. The molecule has 1 heterocycles. The van der Waals surface area contributed by atoms with Gasteiger partial charge in [-0.3, -0.25) is 4.79 Å². The van der Waals surface area contributed by atoms with Gasteiger partial charge in [-0.1, -0.05) is 43.2 Å². The van der Waals surface area contributed by atoms with E-state index in [1.165, 1.54) is 0 Å². The van der Waals surface area contributed by atoms with Gasteiger partial charge in [0.1, 0.15) is 5.82 Å². The number of carbonyl (C=O) groups is 1. The Hall–Kier alpha value is -2.89. The molecule has 1 saturated heterocycles. The molecule has 2 aliphatic carbocycles. The summed E-state index contributed by atoms with van der Waals surface area (Å²) >= 11 is 0. The minimum atomic E-state index is -4.67. The summed E-state index contributed by atoms with van der Waals surface area (Å²) in [5, 5.41) is 12.6. The topological polar surface area (TPSA) is 52.6 Å². The second-order valence-electron chi connectivity index (χ2n) is 11.9. The van der Waals surface area contributed by atoms with Crippen molar-refractivity contribution in [2.75, 3.05) is 19.7 Å². The molecule has 0 spiro atoms. The van der Waals surface area contributed by atoms with E-state index < -0.39 is 23.0 Å². The van der Waals surface area contributed by atoms with Gasteiger partial charge in [-0.2, -0.15) is 13.2 Å². The zero-order valence-corrected chi connectivity index (χ0v) is 23.5. The molecule has 1 amide bonds. The average molecular weight is 573 g/mol. The van der Waals surface area contributed by atoms with Crippen molar-refractivity contribution >= 4 is 5.91 Å². The van der Waals surface area contributed by atoms with Crippen molar-refractivity contribution in [1.82, 2.24) is 10.2 Å². The molecule has 1 aromatic rings. The molecule has 6 unspecified atom stereocenters. The number of allylic oxidation sites excluding steroid dienone is 6. The number of alkyl halides is 3. The summed E-state index contributed by atoms with van der Waals surface area (Å²) in [5.41, 5.74) is -1.66. The van der Waals surface area contributed by atoms with Crippen LogP contribution >= 0.6 is 0 Å². The highest BCUT2D eigenvalue weighted by atomic mass is 19.4. The number of hydrogen-bond donors (Lipinski definition) is 2. The lowest BCUT2D eigenvalue weighted by molar-refractivity contribution is -0.137. The number of rotatable bonds is 10. The molecule has 3 fully saturated rings. The maximum Gasteiger partial charge on any atom is 0.416 e. The fourth-order valence-corrected chi connectivity index (χ4v) is 6.89. The Bertz CT molecular complexity index is 1200. The minimum Gasteiger partial charge on any atom is -0.396 e. The van der Waals surface area contributed by atoms with E-state index in [0.29, 0.717) is 30.7 Å². The molecule has 0 bridgehead atoms. The van der Waals surface area contributed by atoms with E-state index in [2.05, 4.69) is 41.3 Å². The van der Waals surface area contributed by atoms with Crippen LogP contribution in [-0.4, -0.2) is 41.7 Å². The van der Waals surface area contributed by atoms with Crippen LogP contribution in [0, 0.1) is 47.2 Å². The highest BCUT2D eigenvalue weighted by Crippen LogP contribution is 2.59. The molecule has 1 aliphatic heterocycles. The molecule has 8 heteroatoms. The van der Waals surface area contributed by atoms with Gasteiger partial charge in [-0.25, -0.2) is 4.39 Å². The highest BCUT2D eigenvalue weighted by Gasteiger charge is 2.59. The zero-order valence-electron chi connectivity index (χ0n) is 23.5. The Kier molecular flexibility index (Phi) is 10.1. The van der Waals surface area contributed by atoms with Crippen LogP contribution in [0.25, 0.3) is 0 Å². The number of nitrogens with one attached hydrogen (secondary N) is 1. The van der Waals surface area contributed by atoms with Crippen molar-refractivity contribution in [3.63, 3.8) is 0 Å². The van der Waals surface area contributed by atoms with Gasteiger partial charge in [0, 0.05) is 25.7 Å². The van der Waals surface area contributed by atoms with E-state index in [0.717, 1.165) is 50.9 Å². The minimum absolute atomic E-state index is 0.0212. The van der Waals surface area contributed by atoms with Gasteiger partial charge in [0.2, 0.25) is 5.91 Å². The Balaban J connectivity index is 1.37. The Morgan fingerprint density at radius 2 is 2.05 bits per heavy atom. The summed E-state index contributed by atoms with van der Waals surface area (Å²) in [6.45, 7) is 3.99. The first-order valence-electron chi connectivity index (χ1n) is 14.5. The molecular formula is C33H40F4N2O2. The summed E-state index contributed by atoms with van der Waals surface area (Å²) in [7, 11) is 0. The average Bonchev–Trinajstić information content (AvgIpc) is 3.60. The maximum atomic E-state index is 13.9. The monoisotopic (exact) mass is 572 g/mol. The molecule has 222 valence electrons. The number of hydrogen-bond acceptors (Lipinski definition) is 3. The van der Waals surface area contributed by atoms with Crippen LogP contribution in [0.15, 0.2) is 54.7 Å². The number of halogens is 4. The molecule has 4 rings (SSSR count). The normalized spacial score (nSPS) is 30.8. The smallest absolute Gasteiger partial charge is 0.396 e. The molecule has 41 heavy (non-hydrogen) atoms. The van der Waals surface area contributed by atoms with Crippen molar-refractivity contribution in [1.29, 1.82) is 0 Å². The van der Waals surface area contributed by atoms with Crippen molar-refractivity contribution in [2.45, 2.75) is 64.2 Å². The molecule has 2 saturated carbocycles. The van der Waals surface area contributed by atoms with Crippen LogP contribution in [0.4, 0.5) is 17.6 Å². The fourth-order valence-electron chi connectivity index (χ4n) is 6.89. The third-order valence-electron chi connectivity index (χ3n) is 9.20. The fraction of sp³-hybridized carbons (Fsp3) is 0.545. The lowest BCUT2D eigenvalue weighted by atomic mass is 9.78. The van der Waals surface area contributed by atoms with Crippen molar-refractivity contribution in [2.24, 2.45) is 29.1 Å². The van der Waals surface area contributed by atoms with Gasteiger partial charge in [-0.15, -0.1) is 6.42 Å². The van der Waals surface area contributed by atoms with Gasteiger partial charge < -0.3 is 15.3 Å². The molecule has 0 radical (unpaired) electrons. The third-order valence-corrected chi connectivity index (χ3v) is 9.20. The van der Waals surface area contributed by atoms with E-state index in [4.69, 9.17) is 6.42 Å². The van der Waals surface area contributed by atoms with E-state index in [-0.39, 0.29) is 42.5 Å². The largest absolute Gasteiger partial charge is 0.416 e. The summed E-state index contributed by atoms with van der Waals surface area (Å²) < 4.78 is 53.4. The van der Waals surface area contributed by atoms with Crippen molar-refractivity contribution in [3.05, 3.63) is 71.6 Å². The number of carbonyl (C=O) groups excluding carboxylic acids is 1. The number of nitrogens with zero attached hydrogens (tertiary/aromatic N) is 1. The second kappa shape index (κ2) is 13.4. The number of aliphatic hydroxyl groups excluding tert-OH is 1. The lowest BCUT2D eigenvalue weighted by Crippen LogP contribution is -2.46. The van der Waals surface area contributed by atoms with Gasteiger partial charge in [-0.05, 0) is 98.6 Å². The van der Waals surface area contributed by atoms with E-state index in [1.807, 2.05) is 12.2 Å². The van der Waals surface area contributed by atoms with Gasteiger partial charge >= 0.3 is 6.18 Å². The van der Waals surface area contributed by atoms with Crippen LogP contribution in [0.3, 0.4) is 0 Å². The van der Waals surface area contributed by atoms with Gasteiger partial charge in [0.05, 0.1) is 11.0 Å². The molecule has 3 aliphatic rings. The Labute approximate surface area is 240 Å². The maximum absolute atomic E-state index is 13.9. The summed E-state index contributed by atoms with van der Waals surface area (Å²) in [5.74, 6) is 2.35. The summed E-state index contributed by atoms with van der Waals surface area (Å²) in [6.07, 6.45) is 17.4. The first-order chi connectivity index (χ1) is 19.6. The van der Waals surface area contributed by atoms with Crippen molar-refractivity contribution < 1.29 is 27.5 Å².